The summed E-state index contributed by atoms with van der Waals surface area (Å²) in [6, 6.07) is 15.4. The fraction of sp³-hybridized carbons (Fsp3) is 0.303. The number of anilines is 2. The lowest BCUT2D eigenvalue weighted by Gasteiger charge is -2.17. The van der Waals surface area contributed by atoms with Crippen molar-refractivity contribution in [2.24, 2.45) is 0 Å². The molecule has 0 bridgehead atoms. The van der Waals surface area contributed by atoms with E-state index in [1.165, 1.54) is 0 Å². The van der Waals surface area contributed by atoms with Gasteiger partial charge in [0.25, 0.3) is 0 Å². The third-order valence-corrected chi connectivity index (χ3v) is 8.37. The van der Waals surface area contributed by atoms with Crippen molar-refractivity contribution < 1.29 is 19.4 Å². The second-order valence-electron chi connectivity index (χ2n) is 10.5. The molecule has 0 spiro atoms. The van der Waals surface area contributed by atoms with Crippen LogP contribution >= 0.6 is 23.2 Å². The second kappa shape index (κ2) is 15.4. The molecule has 5 N–H and O–H groups in total. The van der Waals surface area contributed by atoms with E-state index >= 15 is 0 Å². The molecule has 4 aromatic rings. The number of pyridine rings is 2. The van der Waals surface area contributed by atoms with Crippen LogP contribution in [-0.4, -0.2) is 60.9 Å². The summed E-state index contributed by atoms with van der Waals surface area (Å²) in [5.74, 6) is 1.89. The molecule has 0 saturated carbocycles. The third kappa shape index (κ3) is 7.66. The topological polar surface area (TPSA) is 130 Å². The van der Waals surface area contributed by atoms with Gasteiger partial charge < -0.3 is 35.8 Å². The Bertz CT molecular complexity index is 1650. The number of carbonyl (C=O) groups is 1. The predicted molar refractivity (Wildman–Crippen MR) is 177 cm³/mol. The van der Waals surface area contributed by atoms with Crippen LogP contribution in [0.1, 0.15) is 24.0 Å². The zero-order valence-electron chi connectivity index (χ0n) is 25.1. The summed E-state index contributed by atoms with van der Waals surface area (Å²) in [6.07, 6.45) is 4.81. The van der Waals surface area contributed by atoms with Crippen molar-refractivity contribution in [3.8, 4) is 33.9 Å². The molecule has 3 heterocycles. The Hall–Kier alpha value is -3.93. The molecule has 0 radical (unpaired) electrons. The summed E-state index contributed by atoms with van der Waals surface area (Å²) < 4.78 is 11.4. The van der Waals surface area contributed by atoms with E-state index in [4.69, 9.17) is 37.8 Å². The van der Waals surface area contributed by atoms with E-state index in [0.717, 1.165) is 34.2 Å². The number of nitrogens with zero attached hydrogens (tertiary/aromatic N) is 2. The van der Waals surface area contributed by atoms with Crippen LogP contribution in [0.25, 0.3) is 22.4 Å². The molecule has 45 heavy (non-hydrogen) atoms. The van der Waals surface area contributed by atoms with Gasteiger partial charge in [0.1, 0.15) is 5.75 Å². The molecule has 10 nitrogen and oxygen atoms in total. The van der Waals surface area contributed by atoms with Gasteiger partial charge >= 0.3 is 0 Å². The average molecular weight is 652 g/mol. The Labute approximate surface area is 272 Å². The quantitative estimate of drug-likeness (QED) is 0.115. The number of aliphatic hydroxyl groups excluding tert-OH is 1. The van der Waals surface area contributed by atoms with Gasteiger partial charge in [-0.3, -0.25) is 9.78 Å². The number of amides is 1. The van der Waals surface area contributed by atoms with Crippen molar-refractivity contribution in [1.82, 2.24) is 25.9 Å². The molecule has 2 aromatic carbocycles. The minimum absolute atomic E-state index is 0.0415. The summed E-state index contributed by atoms with van der Waals surface area (Å²) in [6.45, 7) is 2.30. The highest BCUT2D eigenvalue weighted by Gasteiger charge is 2.21. The van der Waals surface area contributed by atoms with Gasteiger partial charge in [0.15, 0.2) is 11.6 Å². The highest BCUT2D eigenvalue weighted by atomic mass is 35.5. The zero-order valence-corrected chi connectivity index (χ0v) is 26.6. The number of methoxy groups -OCH3 is 2. The van der Waals surface area contributed by atoms with E-state index in [0.29, 0.717) is 71.3 Å². The number of aliphatic hydroxyl groups is 1. The van der Waals surface area contributed by atoms with Crippen molar-refractivity contribution in [1.29, 1.82) is 0 Å². The first-order valence-electron chi connectivity index (χ1n) is 14.6. The molecule has 0 aliphatic carbocycles. The lowest BCUT2D eigenvalue weighted by atomic mass is 10.0. The number of hydrogen-bond donors (Lipinski definition) is 5. The zero-order chi connectivity index (χ0) is 31.8. The van der Waals surface area contributed by atoms with Gasteiger partial charge in [-0.05, 0) is 30.7 Å². The number of aromatic nitrogens is 2. The first-order valence-corrected chi connectivity index (χ1v) is 15.4. The molecule has 1 amide bonds. The van der Waals surface area contributed by atoms with E-state index in [2.05, 4.69) is 31.2 Å². The van der Waals surface area contributed by atoms with Crippen molar-refractivity contribution in [3.05, 3.63) is 82.1 Å². The number of nitrogens with one attached hydrogen (secondary N) is 4. The van der Waals surface area contributed by atoms with Crippen LogP contribution in [-0.2, 0) is 17.9 Å². The summed E-state index contributed by atoms with van der Waals surface area (Å²) in [5.41, 5.74) is 5.35. The van der Waals surface area contributed by atoms with Crippen LogP contribution < -0.4 is 30.7 Å². The minimum Gasteiger partial charge on any atom is -0.496 e. The monoisotopic (exact) mass is 650 g/mol. The molecule has 236 valence electrons. The summed E-state index contributed by atoms with van der Waals surface area (Å²) >= 11 is 14.0. The highest BCUT2D eigenvalue weighted by molar-refractivity contribution is 6.39. The van der Waals surface area contributed by atoms with Gasteiger partial charge in [0.05, 0.1) is 42.3 Å². The largest absolute Gasteiger partial charge is 0.496 e. The number of carbonyl (C=O) groups excluding carboxylic acids is 1. The lowest BCUT2D eigenvalue weighted by Crippen LogP contribution is -2.35. The number of ether oxygens (including phenoxy) is 2. The van der Waals surface area contributed by atoms with E-state index in [9.17, 15) is 4.79 Å². The molecule has 1 aliphatic heterocycles. The smallest absolute Gasteiger partial charge is 0.220 e. The predicted octanol–water partition coefficient (Wildman–Crippen LogP) is 5.33. The Morgan fingerprint density at radius 2 is 1.76 bits per heavy atom. The maximum atomic E-state index is 11.5. The normalized spacial score (nSPS) is 14.3. The SMILES string of the molecule is COc1cc(-c2nccc(-c3cccc(Nc4nccc(CNCCO)c4OC)c3Cl)c2Cl)ccc1CNCC1CCC(=O)N1. The molecule has 1 saturated heterocycles. The number of rotatable bonds is 14. The molecule has 12 heteroatoms. The van der Waals surface area contributed by atoms with E-state index in [1.807, 2.05) is 48.5 Å². The van der Waals surface area contributed by atoms with E-state index in [-0.39, 0.29) is 18.6 Å². The Kier molecular flexibility index (Phi) is 11.1. The van der Waals surface area contributed by atoms with Crippen molar-refractivity contribution in [2.45, 2.75) is 32.0 Å². The first-order chi connectivity index (χ1) is 21.9. The standard InChI is InChI=1S/C33H36Cl2N6O4/c1-44-27-16-20(6-7-21(27)17-37-19-23-8-9-28(43)40-23)31-30(35)25(11-13-38-31)24-4-3-5-26(29(24)34)41-33-32(45-2)22(10-12-39-33)18-36-14-15-42/h3-7,10-13,16,23,36-37,42H,8-9,14-15,17-19H2,1-2H3,(H,39,41)(H,40,43). The lowest BCUT2D eigenvalue weighted by molar-refractivity contribution is -0.119. The second-order valence-corrected chi connectivity index (χ2v) is 11.3. The fourth-order valence-electron chi connectivity index (χ4n) is 5.31. The van der Waals surface area contributed by atoms with Crippen LogP contribution in [0.15, 0.2) is 60.9 Å². The Morgan fingerprint density at radius 1 is 0.956 bits per heavy atom. The maximum Gasteiger partial charge on any atom is 0.220 e. The molecule has 5 rings (SSSR count). The number of benzene rings is 2. The van der Waals surface area contributed by atoms with Gasteiger partial charge in [-0.25, -0.2) is 4.98 Å². The van der Waals surface area contributed by atoms with Gasteiger partial charge in [-0.1, -0.05) is 47.5 Å². The number of halogens is 2. The summed E-state index contributed by atoms with van der Waals surface area (Å²) in [7, 11) is 3.22. The van der Waals surface area contributed by atoms with Crippen LogP contribution in [0.2, 0.25) is 10.0 Å². The van der Waals surface area contributed by atoms with Gasteiger partial charge in [-0.2, -0.15) is 0 Å². The van der Waals surface area contributed by atoms with Crippen molar-refractivity contribution in [3.63, 3.8) is 0 Å². The average Bonchev–Trinajstić information content (AvgIpc) is 3.47. The third-order valence-electron chi connectivity index (χ3n) is 7.58. The van der Waals surface area contributed by atoms with Crippen molar-refractivity contribution >= 4 is 40.6 Å². The maximum absolute atomic E-state index is 11.5. The molecular formula is C33H36Cl2N6O4. The molecule has 1 atom stereocenters. The van der Waals surface area contributed by atoms with Crippen LogP contribution in [0, 0.1) is 0 Å². The molecular weight excluding hydrogens is 615 g/mol. The van der Waals surface area contributed by atoms with Gasteiger partial charge in [0, 0.05) is 78.9 Å². The van der Waals surface area contributed by atoms with Crippen molar-refractivity contribution in [2.75, 3.05) is 39.2 Å². The molecule has 2 aromatic heterocycles. The Balaban J connectivity index is 1.38. The highest BCUT2D eigenvalue weighted by Crippen LogP contribution is 2.42. The summed E-state index contributed by atoms with van der Waals surface area (Å²) in [4.78, 5) is 20.5. The fourth-order valence-corrected chi connectivity index (χ4v) is 5.91. The van der Waals surface area contributed by atoms with Gasteiger partial charge in [0.2, 0.25) is 5.91 Å². The number of hydrogen-bond acceptors (Lipinski definition) is 9. The van der Waals surface area contributed by atoms with Crippen LogP contribution in [0.4, 0.5) is 11.5 Å². The molecule has 1 aliphatic rings. The van der Waals surface area contributed by atoms with E-state index < -0.39 is 0 Å². The Morgan fingerprint density at radius 3 is 2.51 bits per heavy atom. The first kappa shape index (κ1) is 32.5. The minimum atomic E-state index is 0.0415. The molecule has 1 unspecified atom stereocenters. The van der Waals surface area contributed by atoms with Crippen LogP contribution in [0.5, 0.6) is 11.5 Å². The van der Waals surface area contributed by atoms with Gasteiger partial charge in [-0.15, -0.1) is 0 Å². The summed E-state index contributed by atoms with van der Waals surface area (Å²) in [5, 5.41) is 22.9. The van der Waals surface area contributed by atoms with E-state index in [1.54, 1.807) is 26.6 Å². The molecule has 1 fully saturated rings. The van der Waals surface area contributed by atoms with Crippen LogP contribution in [0.3, 0.4) is 0 Å².